The van der Waals surface area contributed by atoms with E-state index in [0.29, 0.717) is 17.1 Å². The molecule has 2 rings (SSSR count). The molecule has 0 fully saturated rings. The van der Waals surface area contributed by atoms with Crippen molar-refractivity contribution in [2.75, 3.05) is 13.6 Å². The molecule has 0 radical (unpaired) electrons. The highest BCUT2D eigenvalue weighted by Gasteiger charge is 2.08. The van der Waals surface area contributed by atoms with E-state index in [2.05, 4.69) is 21.8 Å². The minimum atomic E-state index is -0.343. The number of halogens is 1. The molecule has 0 aliphatic carbocycles. The van der Waals surface area contributed by atoms with Crippen molar-refractivity contribution < 1.29 is 4.39 Å². The molecule has 1 heterocycles. The molecule has 1 aromatic heterocycles. The van der Waals surface area contributed by atoms with Crippen molar-refractivity contribution in [2.45, 2.75) is 20.0 Å². The molecule has 23 heavy (non-hydrogen) atoms. The van der Waals surface area contributed by atoms with Gasteiger partial charge in [-0.15, -0.1) is 0 Å². The van der Waals surface area contributed by atoms with Gasteiger partial charge in [0.1, 0.15) is 5.82 Å². The molecule has 4 nitrogen and oxygen atoms in total. The minimum Gasteiger partial charge on any atom is -0.357 e. The third kappa shape index (κ3) is 4.80. The molecule has 0 amide bonds. The molecule has 0 saturated carbocycles. The Balaban J connectivity index is 2.13. The largest absolute Gasteiger partial charge is 0.357 e. The molecule has 120 valence electrons. The molecule has 0 atom stereocenters. The van der Waals surface area contributed by atoms with Crippen molar-refractivity contribution in [1.29, 1.82) is 5.26 Å². The van der Waals surface area contributed by atoms with Gasteiger partial charge in [0.15, 0.2) is 5.96 Å². The van der Waals surface area contributed by atoms with Crippen LogP contribution in [0.3, 0.4) is 0 Å². The zero-order chi connectivity index (χ0) is 16.7. The van der Waals surface area contributed by atoms with E-state index in [1.54, 1.807) is 17.4 Å². The molecule has 0 bridgehead atoms. The Hall–Kier alpha value is -2.39. The smallest absolute Gasteiger partial charge is 0.194 e. The van der Waals surface area contributed by atoms with Gasteiger partial charge in [-0.1, -0.05) is 0 Å². The van der Waals surface area contributed by atoms with E-state index in [4.69, 9.17) is 5.26 Å². The van der Waals surface area contributed by atoms with Gasteiger partial charge in [0, 0.05) is 25.7 Å². The van der Waals surface area contributed by atoms with E-state index in [1.807, 2.05) is 30.3 Å². The Bertz CT molecular complexity index is 704. The fourth-order valence-electron chi connectivity index (χ4n) is 2.13. The van der Waals surface area contributed by atoms with Gasteiger partial charge in [-0.3, -0.25) is 0 Å². The molecular weight excluding hydrogens is 311 g/mol. The maximum atomic E-state index is 13.8. The van der Waals surface area contributed by atoms with Crippen LogP contribution in [0.4, 0.5) is 4.39 Å². The predicted octanol–water partition coefficient (Wildman–Crippen LogP) is 3.36. The normalized spacial score (nSPS) is 11.1. The first-order chi connectivity index (χ1) is 11.1. The lowest BCUT2D eigenvalue weighted by Crippen LogP contribution is -2.38. The summed E-state index contributed by atoms with van der Waals surface area (Å²) in [6, 6.07) is 8.41. The summed E-state index contributed by atoms with van der Waals surface area (Å²) in [6.45, 7) is 3.64. The number of hydrogen-bond donors (Lipinski definition) is 1. The standard InChI is InChI=1S/C17H19FN4S/c1-3-20-17(22(2)11-14-6-7-23-12-14)21-10-15-8-13(9-19)4-5-16(15)18/h4-8,12H,3,10-11H2,1-2H3,(H,20,21). The van der Waals surface area contributed by atoms with E-state index in [1.165, 1.54) is 17.7 Å². The van der Waals surface area contributed by atoms with Gasteiger partial charge >= 0.3 is 0 Å². The first-order valence-corrected chi connectivity index (χ1v) is 8.27. The highest BCUT2D eigenvalue weighted by Crippen LogP contribution is 2.12. The Morgan fingerprint density at radius 2 is 2.26 bits per heavy atom. The number of benzene rings is 1. The minimum absolute atomic E-state index is 0.192. The van der Waals surface area contributed by atoms with Crippen molar-refractivity contribution in [3.05, 3.63) is 57.5 Å². The van der Waals surface area contributed by atoms with Crippen LogP contribution in [0.2, 0.25) is 0 Å². The second-order valence-corrected chi connectivity index (χ2v) is 5.86. The number of nitrogens with one attached hydrogen (secondary N) is 1. The molecule has 0 aliphatic heterocycles. The number of guanidine groups is 1. The van der Waals surface area contributed by atoms with Crippen LogP contribution in [0.1, 0.15) is 23.6 Å². The highest BCUT2D eigenvalue weighted by molar-refractivity contribution is 7.07. The van der Waals surface area contributed by atoms with E-state index in [-0.39, 0.29) is 12.4 Å². The van der Waals surface area contributed by atoms with Crippen LogP contribution >= 0.6 is 11.3 Å². The van der Waals surface area contributed by atoms with Gasteiger partial charge in [0.05, 0.1) is 18.2 Å². The molecule has 1 N–H and O–H groups in total. The lowest BCUT2D eigenvalue weighted by atomic mass is 10.1. The molecular formula is C17H19FN4S. The molecule has 0 aliphatic rings. The van der Waals surface area contributed by atoms with E-state index >= 15 is 0 Å². The average Bonchev–Trinajstić information content (AvgIpc) is 3.05. The second-order valence-electron chi connectivity index (χ2n) is 5.08. The van der Waals surface area contributed by atoms with E-state index in [0.717, 1.165) is 13.1 Å². The fraction of sp³-hybridized carbons (Fsp3) is 0.294. The summed E-state index contributed by atoms with van der Waals surface area (Å²) in [5, 5.41) is 16.3. The van der Waals surface area contributed by atoms with Crippen LogP contribution < -0.4 is 5.32 Å². The van der Waals surface area contributed by atoms with Crippen LogP contribution in [0, 0.1) is 17.1 Å². The van der Waals surface area contributed by atoms with Crippen molar-refractivity contribution in [2.24, 2.45) is 4.99 Å². The van der Waals surface area contributed by atoms with Gasteiger partial charge in [-0.2, -0.15) is 16.6 Å². The predicted molar refractivity (Wildman–Crippen MR) is 91.7 cm³/mol. The van der Waals surface area contributed by atoms with Crippen LogP contribution in [0.25, 0.3) is 0 Å². The quantitative estimate of drug-likeness (QED) is 0.675. The summed E-state index contributed by atoms with van der Waals surface area (Å²) < 4.78 is 13.8. The zero-order valence-electron chi connectivity index (χ0n) is 13.2. The van der Waals surface area contributed by atoms with Gasteiger partial charge in [-0.05, 0) is 47.5 Å². The molecule has 2 aromatic rings. The Kier molecular flexibility index (Phi) is 6.12. The monoisotopic (exact) mass is 330 g/mol. The summed E-state index contributed by atoms with van der Waals surface area (Å²) in [6.07, 6.45) is 0. The Morgan fingerprint density at radius 3 is 2.91 bits per heavy atom. The SMILES string of the molecule is CCNC(=NCc1cc(C#N)ccc1F)N(C)Cc1ccsc1. The maximum Gasteiger partial charge on any atom is 0.194 e. The van der Waals surface area contributed by atoms with Crippen molar-refractivity contribution in [3.8, 4) is 6.07 Å². The molecule has 1 aromatic carbocycles. The van der Waals surface area contributed by atoms with Crippen molar-refractivity contribution in [3.63, 3.8) is 0 Å². The van der Waals surface area contributed by atoms with E-state index < -0.39 is 0 Å². The Morgan fingerprint density at radius 1 is 1.43 bits per heavy atom. The first kappa shape index (κ1) is 17.0. The van der Waals surface area contributed by atoms with Crippen LogP contribution in [-0.2, 0) is 13.1 Å². The van der Waals surface area contributed by atoms with Gasteiger partial charge in [0.25, 0.3) is 0 Å². The first-order valence-electron chi connectivity index (χ1n) is 7.33. The van der Waals surface area contributed by atoms with Gasteiger partial charge in [-0.25, -0.2) is 9.38 Å². The number of nitrogens with zero attached hydrogens (tertiary/aromatic N) is 3. The van der Waals surface area contributed by atoms with Crippen LogP contribution in [-0.4, -0.2) is 24.5 Å². The van der Waals surface area contributed by atoms with E-state index in [9.17, 15) is 4.39 Å². The zero-order valence-corrected chi connectivity index (χ0v) is 14.0. The van der Waals surface area contributed by atoms with Crippen LogP contribution in [0.5, 0.6) is 0 Å². The molecule has 0 spiro atoms. The molecule has 6 heteroatoms. The summed E-state index contributed by atoms with van der Waals surface area (Å²) >= 11 is 1.66. The average molecular weight is 330 g/mol. The summed E-state index contributed by atoms with van der Waals surface area (Å²) in [4.78, 5) is 6.48. The summed E-state index contributed by atoms with van der Waals surface area (Å²) in [5.74, 6) is 0.365. The van der Waals surface area contributed by atoms with Gasteiger partial charge < -0.3 is 10.2 Å². The van der Waals surface area contributed by atoms with Crippen molar-refractivity contribution in [1.82, 2.24) is 10.2 Å². The Labute approximate surface area is 139 Å². The third-order valence-electron chi connectivity index (χ3n) is 3.27. The lowest BCUT2D eigenvalue weighted by molar-refractivity contribution is 0.477. The fourth-order valence-corrected chi connectivity index (χ4v) is 2.79. The van der Waals surface area contributed by atoms with Crippen molar-refractivity contribution >= 4 is 17.3 Å². The highest BCUT2D eigenvalue weighted by atomic mass is 32.1. The lowest BCUT2D eigenvalue weighted by Gasteiger charge is -2.21. The maximum absolute atomic E-state index is 13.8. The number of rotatable bonds is 5. The number of thiophene rings is 1. The summed E-state index contributed by atoms with van der Waals surface area (Å²) in [7, 11) is 1.95. The number of hydrogen-bond acceptors (Lipinski definition) is 3. The summed E-state index contributed by atoms with van der Waals surface area (Å²) in [5.41, 5.74) is 2.07. The molecule has 0 unspecified atom stereocenters. The van der Waals surface area contributed by atoms with Crippen LogP contribution in [0.15, 0.2) is 40.0 Å². The number of aliphatic imine (C=N–C) groups is 1. The topological polar surface area (TPSA) is 51.4 Å². The second kappa shape index (κ2) is 8.30. The third-order valence-corrected chi connectivity index (χ3v) is 4.00. The molecule has 0 saturated heterocycles. The van der Waals surface area contributed by atoms with Gasteiger partial charge in [0.2, 0.25) is 0 Å². The number of nitriles is 1.